The van der Waals surface area contributed by atoms with E-state index in [-0.39, 0.29) is 30.8 Å². The molecule has 2 N–H and O–H groups in total. The lowest BCUT2D eigenvalue weighted by molar-refractivity contribution is -0.116. The maximum atomic E-state index is 12.4. The van der Waals surface area contributed by atoms with Crippen molar-refractivity contribution < 1.29 is 14.3 Å². The fraction of sp³-hybridized carbons (Fsp3) is 0.310. The number of carbonyl (C=O) groups excluding carboxylic acids is 2. The number of nitrogens with one attached hydrogen (secondary N) is 2. The van der Waals surface area contributed by atoms with Gasteiger partial charge in [0.05, 0.1) is 24.6 Å². The summed E-state index contributed by atoms with van der Waals surface area (Å²) in [5, 5.41) is 23.0. The molecule has 4 aromatic heterocycles. The van der Waals surface area contributed by atoms with E-state index in [1.165, 1.54) is 17.8 Å². The number of rotatable bonds is 10. The lowest BCUT2D eigenvalue weighted by atomic mass is 9.96. The first-order chi connectivity index (χ1) is 20.0. The third-order valence-electron chi connectivity index (χ3n) is 6.10. The van der Waals surface area contributed by atoms with Crippen molar-refractivity contribution in [2.75, 3.05) is 10.6 Å². The number of pyridine rings is 2. The monoisotopic (exact) mass is 568 g/mol. The average Bonchev–Trinajstić information content (AvgIpc) is 3.36. The Labute approximate surface area is 241 Å². The largest absolute Gasteiger partial charge is 0.490 e. The molecule has 1 aliphatic rings. The Morgan fingerprint density at radius 3 is 2.63 bits per heavy atom. The van der Waals surface area contributed by atoms with Gasteiger partial charge in [-0.05, 0) is 62.4 Å². The van der Waals surface area contributed by atoms with E-state index < -0.39 is 0 Å². The van der Waals surface area contributed by atoms with Gasteiger partial charge in [0, 0.05) is 36.5 Å². The maximum absolute atomic E-state index is 12.4. The van der Waals surface area contributed by atoms with Crippen LogP contribution in [-0.4, -0.2) is 48.3 Å². The van der Waals surface area contributed by atoms with Crippen LogP contribution in [0.4, 0.5) is 10.9 Å². The highest BCUT2D eigenvalue weighted by Gasteiger charge is 2.19. The third kappa shape index (κ3) is 8.61. The van der Waals surface area contributed by atoms with E-state index in [0.717, 1.165) is 29.3 Å². The van der Waals surface area contributed by atoms with Crippen molar-refractivity contribution in [3.05, 3.63) is 76.4 Å². The number of hydrogen-bond acceptors (Lipinski definition) is 10. The van der Waals surface area contributed by atoms with Gasteiger partial charge in [0.25, 0.3) is 0 Å². The Hall–Kier alpha value is -4.76. The first-order valence-electron chi connectivity index (χ1n) is 13.3. The predicted octanol–water partition coefficient (Wildman–Crippen LogP) is 3.70. The van der Waals surface area contributed by atoms with Crippen LogP contribution < -0.4 is 15.4 Å². The molecule has 2 amide bonds. The summed E-state index contributed by atoms with van der Waals surface area (Å²) in [6.45, 7) is 1.88. The minimum absolute atomic E-state index is 0.103. The summed E-state index contributed by atoms with van der Waals surface area (Å²) in [5.74, 6) is 6.64. The van der Waals surface area contributed by atoms with Gasteiger partial charge in [0.1, 0.15) is 16.5 Å². The number of amides is 2. The van der Waals surface area contributed by atoms with Gasteiger partial charge < -0.3 is 15.4 Å². The molecule has 0 aromatic carbocycles. The number of hydrogen-bond donors (Lipinski definition) is 2. The number of ether oxygens (including phenoxy) is 1. The van der Waals surface area contributed by atoms with E-state index in [1.54, 1.807) is 24.4 Å². The van der Waals surface area contributed by atoms with Gasteiger partial charge in [-0.2, -0.15) is 0 Å². The lowest BCUT2D eigenvalue weighted by Gasteiger charge is -2.26. The SMILES string of the molecule is Cc1cccc(CC(=O)Nc2nnc(CCC#Cc3ccc(NC(=O)Cc4cc(OC5CCC5)ccn4)nn3)s2)n1. The van der Waals surface area contributed by atoms with Gasteiger partial charge in [0.15, 0.2) is 5.82 Å². The van der Waals surface area contributed by atoms with Crippen LogP contribution in [0.25, 0.3) is 0 Å². The summed E-state index contributed by atoms with van der Waals surface area (Å²) < 4.78 is 5.88. The number of aromatic nitrogens is 6. The van der Waals surface area contributed by atoms with Crippen molar-refractivity contribution in [1.82, 2.24) is 30.4 Å². The van der Waals surface area contributed by atoms with E-state index in [0.29, 0.717) is 40.9 Å². The molecule has 0 unspecified atom stereocenters. The summed E-state index contributed by atoms with van der Waals surface area (Å²) >= 11 is 1.31. The van der Waals surface area contributed by atoms with Crippen LogP contribution in [0.5, 0.6) is 5.75 Å². The fourth-order valence-corrected chi connectivity index (χ4v) is 4.63. The van der Waals surface area contributed by atoms with Crippen LogP contribution >= 0.6 is 11.3 Å². The molecule has 5 rings (SSSR count). The molecule has 4 aromatic rings. The molecule has 0 spiro atoms. The van der Waals surface area contributed by atoms with Gasteiger partial charge in [-0.1, -0.05) is 23.3 Å². The molecule has 0 radical (unpaired) electrons. The van der Waals surface area contributed by atoms with Crippen LogP contribution in [0.1, 0.15) is 53.5 Å². The van der Waals surface area contributed by atoms with Gasteiger partial charge in [0.2, 0.25) is 16.9 Å². The van der Waals surface area contributed by atoms with Crippen LogP contribution in [0.3, 0.4) is 0 Å². The summed E-state index contributed by atoms with van der Waals surface area (Å²) in [6, 6.07) is 12.5. The van der Waals surface area contributed by atoms with Crippen molar-refractivity contribution in [3.63, 3.8) is 0 Å². The molecule has 41 heavy (non-hydrogen) atoms. The summed E-state index contributed by atoms with van der Waals surface area (Å²) in [6.07, 6.45) is 6.63. The van der Waals surface area contributed by atoms with Gasteiger partial charge >= 0.3 is 0 Å². The fourth-order valence-electron chi connectivity index (χ4n) is 3.88. The van der Waals surface area contributed by atoms with Crippen LogP contribution in [0, 0.1) is 18.8 Å². The highest BCUT2D eigenvalue weighted by Crippen LogP contribution is 2.25. The van der Waals surface area contributed by atoms with Crippen molar-refractivity contribution in [2.45, 2.75) is 58.0 Å². The van der Waals surface area contributed by atoms with E-state index in [2.05, 4.69) is 52.8 Å². The molecule has 4 heterocycles. The Balaban J connectivity index is 1.04. The Morgan fingerprint density at radius 1 is 1.00 bits per heavy atom. The number of carbonyl (C=O) groups is 2. The van der Waals surface area contributed by atoms with Gasteiger partial charge in [-0.25, -0.2) is 0 Å². The summed E-state index contributed by atoms with van der Waals surface area (Å²) in [5.41, 5.74) is 2.68. The Kier molecular flexibility index (Phi) is 9.18. The van der Waals surface area contributed by atoms with Crippen LogP contribution in [0.2, 0.25) is 0 Å². The molecular weight excluding hydrogens is 540 g/mol. The molecule has 11 nitrogen and oxygen atoms in total. The Bertz CT molecular complexity index is 1570. The second-order valence-electron chi connectivity index (χ2n) is 9.48. The minimum atomic E-state index is -0.245. The van der Waals surface area contributed by atoms with Crippen molar-refractivity contribution in [3.8, 4) is 17.6 Å². The minimum Gasteiger partial charge on any atom is -0.490 e. The lowest BCUT2D eigenvalue weighted by Crippen LogP contribution is -2.24. The zero-order valence-electron chi connectivity index (χ0n) is 22.5. The summed E-state index contributed by atoms with van der Waals surface area (Å²) in [4.78, 5) is 33.3. The standard InChI is InChI=1S/C29H28N8O3S/c1-19-6-4-8-21(31-19)17-27(39)33-29-37-36-28(41-29)11-3-2-7-20-12-13-25(35-34-20)32-26(38)18-22-16-24(14-15-30-22)40-23-9-5-10-23/h4,6,8,12-16,23H,3,5,9-11,17-18H2,1H3,(H,32,35,38)(H,33,37,39). The number of anilines is 2. The molecule has 0 atom stereocenters. The molecule has 1 saturated carbocycles. The zero-order chi connectivity index (χ0) is 28.4. The van der Waals surface area contributed by atoms with Crippen molar-refractivity contribution >= 4 is 34.1 Å². The van der Waals surface area contributed by atoms with E-state index in [4.69, 9.17) is 4.74 Å². The zero-order valence-corrected chi connectivity index (χ0v) is 23.3. The molecule has 0 saturated heterocycles. The van der Waals surface area contributed by atoms with E-state index in [9.17, 15) is 9.59 Å². The summed E-state index contributed by atoms with van der Waals surface area (Å²) in [7, 11) is 0. The van der Waals surface area contributed by atoms with Gasteiger partial charge in [-0.3, -0.25) is 19.6 Å². The molecule has 1 fully saturated rings. The number of nitrogens with zero attached hydrogens (tertiary/aromatic N) is 6. The van der Waals surface area contributed by atoms with Crippen molar-refractivity contribution in [1.29, 1.82) is 0 Å². The van der Waals surface area contributed by atoms with Crippen molar-refractivity contribution in [2.24, 2.45) is 0 Å². The molecule has 1 aliphatic carbocycles. The highest BCUT2D eigenvalue weighted by atomic mass is 32.1. The molecule has 12 heteroatoms. The van der Waals surface area contributed by atoms with E-state index >= 15 is 0 Å². The highest BCUT2D eigenvalue weighted by molar-refractivity contribution is 7.15. The molecule has 0 aliphatic heterocycles. The van der Waals surface area contributed by atoms with Crippen LogP contribution in [0.15, 0.2) is 48.7 Å². The first-order valence-corrected chi connectivity index (χ1v) is 14.1. The topological polar surface area (TPSA) is 145 Å². The maximum Gasteiger partial charge on any atom is 0.232 e. The normalized spacial score (nSPS) is 12.5. The number of aryl methyl sites for hydroxylation is 2. The Morgan fingerprint density at radius 2 is 1.85 bits per heavy atom. The second-order valence-corrected chi connectivity index (χ2v) is 10.5. The molecule has 208 valence electrons. The van der Waals surface area contributed by atoms with E-state index in [1.807, 2.05) is 31.2 Å². The second kappa shape index (κ2) is 13.5. The predicted molar refractivity (Wildman–Crippen MR) is 153 cm³/mol. The average molecular weight is 569 g/mol. The molecule has 0 bridgehead atoms. The first kappa shape index (κ1) is 27.8. The van der Waals surface area contributed by atoms with Crippen LogP contribution in [-0.2, 0) is 28.9 Å². The third-order valence-corrected chi connectivity index (χ3v) is 7.00. The van der Waals surface area contributed by atoms with Gasteiger partial charge in [-0.15, -0.1) is 20.4 Å². The molecular formula is C29H28N8O3S. The smallest absolute Gasteiger partial charge is 0.232 e. The quantitative estimate of drug-likeness (QED) is 0.274.